The molecule has 2 aliphatic heterocycles. The highest BCUT2D eigenvalue weighted by atomic mass is 19.1. The summed E-state index contributed by atoms with van der Waals surface area (Å²) < 4.78 is 17.5. The fraction of sp³-hybridized carbons (Fsp3) is 0.121. The van der Waals surface area contributed by atoms with Gasteiger partial charge in [-0.1, -0.05) is 66.2 Å². The molecule has 0 bridgehead atoms. The molecule has 6 nitrogen and oxygen atoms in total. The Morgan fingerprint density at radius 1 is 0.850 bits per heavy atom. The van der Waals surface area contributed by atoms with Gasteiger partial charge in [0.2, 0.25) is 0 Å². The summed E-state index contributed by atoms with van der Waals surface area (Å²) in [5.41, 5.74) is 7.94. The first kappa shape index (κ1) is 24.0. The van der Waals surface area contributed by atoms with E-state index in [1.165, 1.54) is 11.6 Å². The average molecular weight is 527 g/mol. The molecule has 3 heterocycles. The van der Waals surface area contributed by atoms with Gasteiger partial charge in [-0.2, -0.15) is 5.10 Å². The lowest BCUT2D eigenvalue weighted by Gasteiger charge is -2.42. The first-order valence-electron chi connectivity index (χ1n) is 13.3. The van der Waals surface area contributed by atoms with Crippen molar-refractivity contribution in [1.29, 1.82) is 0 Å². The lowest BCUT2D eigenvalue weighted by atomic mass is 9.92. The summed E-state index contributed by atoms with van der Waals surface area (Å²) in [4.78, 5) is 12.4. The quantitative estimate of drug-likeness (QED) is 0.262. The highest BCUT2D eigenvalue weighted by Gasteiger charge is 2.42. The van der Waals surface area contributed by atoms with E-state index in [1.807, 2.05) is 84.4 Å². The number of hydrogen-bond donors (Lipinski definition) is 1. The number of aryl methyl sites for hydroxylation is 3. The van der Waals surface area contributed by atoms with Gasteiger partial charge in [-0.15, -0.1) is 0 Å². The molecule has 0 saturated carbocycles. The Hall–Kier alpha value is -5.04. The molecule has 0 saturated heterocycles. The van der Waals surface area contributed by atoms with Gasteiger partial charge in [0, 0.05) is 11.1 Å². The molecular formula is C33H27FN6. The Morgan fingerprint density at radius 3 is 2.40 bits per heavy atom. The van der Waals surface area contributed by atoms with Gasteiger partial charge in [0.25, 0.3) is 0 Å². The third-order valence-corrected chi connectivity index (χ3v) is 7.47. The molecule has 1 atom stereocenters. The summed E-state index contributed by atoms with van der Waals surface area (Å²) >= 11 is 0. The van der Waals surface area contributed by atoms with E-state index in [0.717, 1.165) is 39.6 Å². The maximum absolute atomic E-state index is 15.7. The second-order valence-electron chi connectivity index (χ2n) is 10.2. The molecule has 0 fully saturated rings. The van der Waals surface area contributed by atoms with Crippen molar-refractivity contribution in [2.75, 3.05) is 10.2 Å². The molecule has 0 radical (unpaired) electrons. The van der Waals surface area contributed by atoms with Gasteiger partial charge < -0.3 is 10.2 Å². The van der Waals surface area contributed by atoms with Gasteiger partial charge in [0.05, 0.1) is 34.5 Å². The van der Waals surface area contributed by atoms with E-state index < -0.39 is 6.04 Å². The largest absolute Gasteiger partial charge is 0.335 e. The molecule has 0 amide bonds. The highest BCUT2D eigenvalue weighted by molar-refractivity contribution is 6.52. The maximum Gasteiger partial charge on any atom is 0.179 e. The number of nitrogens with one attached hydrogen (secondary N) is 1. The van der Waals surface area contributed by atoms with Crippen LogP contribution in [0.15, 0.2) is 107 Å². The Morgan fingerprint density at radius 2 is 1.60 bits per heavy atom. The van der Waals surface area contributed by atoms with Crippen LogP contribution >= 0.6 is 0 Å². The molecule has 7 rings (SSSR count). The third-order valence-electron chi connectivity index (χ3n) is 7.47. The SMILES string of the molecule is Cc1ccc(N=C2Nc3ccccc3N3C2=Nc2c(c(C)nn2-c2ccccc2)[C@@H]3c2ccccc2F)c(C)c1. The van der Waals surface area contributed by atoms with Crippen molar-refractivity contribution < 1.29 is 4.39 Å². The molecule has 196 valence electrons. The van der Waals surface area contributed by atoms with Crippen molar-refractivity contribution in [1.82, 2.24) is 9.78 Å². The van der Waals surface area contributed by atoms with Crippen LogP contribution in [0, 0.1) is 26.6 Å². The summed E-state index contributed by atoms with van der Waals surface area (Å²) in [5.74, 6) is 1.58. The molecular weight excluding hydrogens is 499 g/mol. The zero-order chi connectivity index (χ0) is 27.4. The number of aromatic nitrogens is 2. The number of aliphatic imine (C=N–C) groups is 2. The Bertz CT molecular complexity index is 1840. The molecule has 1 aromatic heterocycles. The normalized spacial score (nSPS) is 16.6. The second-order valence-corrected chi connectivity index (χ2v) is 10.2. The zero-order valence-corrected chi connectivity index (χ0v) is 22.4. The minimum absolute atomic E-state index is 0.282. The van der Waals surface area contributed by atoms with Gasteiger partial charge in [0.15, 0.2) is 17.5 Å². The van der Waals surface area contributed by atoms with Gasteiger partial charge in [-0.3, -0.25) is 0 Å². The molecule has 7 heteroatoms. The molecule has 0 unspecified atom stereocenters. The van der Waals surface area contributed by atoms with Crippen LogP contribution in [-0.2, 0) is 0 Å². The molecule has 1 N–H and O–H groups in total. The lowest BCUT2D eigenvalue weighted by Crippen LogP contribution is -2.48. The van der Waals surface area contributed by atoms with Crippen LogP contribution in [0.3, 0.4) is 0 Å². The number of halogens is 1. The van der Waals surface area contributed by atoms with Crippen molar-refractivity contribution in [3.8, 4) is 5.69 Å². The summed E-state index contributed by atoms with van der Waals surface area (Å²) in [7, 11) is 0. The number of para-hydroxylation sites is 3. The van der Waals surface area contributed by atoms with Crippen molar-refractivity contribution >= 4 is 34.6 Å². The van der Waals surface area contributed by atoms with E-state index >= 15 is 4.39 Å². The van der Waals surface area contributed by atoms with Crippen LogP contribution in [0.4, 0.5) is 27.3 Å². The number of anilines is 2. The lowest BCUT2D eigenvalue weighted by molar-refractivity contribution is 0.597. The van der Waals surface area contributed by atoms with E-state index in [2.05, 4.69) is 36.2 Å². The zero-order valence-electron chi connectivity index (χ0n) is 22.4. The smallest absolute Gasteiger partial charge is 0.179 e. The molecule has 0 spiro atoms. The summed E-state index contributed by atoms with van der Waals surface area (Å²) in [6.07, 6.45) is 0. The fourth-order valence-corrected chi connectivity index (χ4v) is 5.62. The second kappa shape index (κ2) is 9.31. The monoisotopic (exact) mass is 526 g/mol. The van der Waals surface area contributed by atoms with E-state index in [9.17, 15) is 0 Å². The predicted molar refractivity (Wildman–Crippen MR) is 159 cm³/mol. The molecule has 4 aromatic carbocycles. The van der Waals surface area contributed by atoms with E-state index in [4.69, 9.17) is 15.1 Å². The van der Waals surface area contributed by atoms with Gasteiger partial charge in [-0.05, 0) is 62.7 Å². The van der Waals surface area contributed by atoms with Crippen LogP contribution in [0.2, 0.25) is 0 Å². The third kappa shape index (κ3) is 3.81. The molecule has 0 aliphatic carbocycles. The molecule has 2 aliphatic rings. The first-order valence-corrected chi connectivity index (χ1v) is 13.3. The van der Waals surface area contributed by atoms with Gasteiger partial charge in [-0.25, -0.2) is 19.1 Å². The molecule has 40 heavy (non-hydrogen) atoms. The van der Waals surface area contributed by atoms with Crippen molar-refractivity contribution in [2.24, 2.45) is 9.98 Å². The number of hydrogen-bond acceptors (Lipinski definition) is 4. The van der Waals surface area contributed by atoms with Crippen LogP contribution < -0.4 is 10.2 Å². The minimum atomic E-state index is -0.506. The number of amidine groups is 2. The first-order chi connectivity index (χ1) is 19.5. The topological polar surface area (TPSA) is 57.8 Å². The summed E-state index contributed by atoms with van der Waals surface area (Å²) in [6.45, 7) is 6.09. The Kier molecular flexibility index (Phi) is 5.59. The van der Waals surface area contributed by atoms with Gasteiger partial charge in [0.1, 0.15) is 5.82 Å². The molecule has 5 aromatic rings. The fourth-order valence-electron chi connectivity index (χ4n) is 5.62. The van der Waals surface area contributed by atoms with Crippen molar-refractivity contribution in [3.05, 3.63) is 131 Å². The average Bonchev–Trinajstić information content (AvgIpc) is 3.30. The van der Waals surface area contributed by atoms with Crippen molar-refractivity contribution in [2.45, 2.75) is 26.8 Å². The highest BCUT2D eigenvalue weighted by Crippen LogP contribution is 2.48. The summed E-state index contributed by atoms with van der Waals surface area (Å²) in [6, 6.07) is 30.5. The van der Waals surface area contributed by atoms with E-state index in [-0.39, 0.29) is 5.82 Å². The van der Waals surface area contributed by atoms with E-state index in [0.29, 0.717) is 23.1 Å². The van der Waals surface area contributed by atoms with Crippen LogP contribution in [-0.4, -0.2) is 21.5 Å². The van der Waals surface area contributed by atoms with Crippen LogP contribution in [0.5, 0.6) is 0 Å². The number of nitrogens with zero attached hydrogens (tertiary/aromatic N) is 5. The maximum atomic E-state index is 15.7. The van der Waals surface area contributed by atoms with Crippen LogP contribution in [0.1, 0.15) is 34.0 Å². The Balaban J connectivity index is 1.55. The number of fused-ring (bicyclic) bond motifs is 4. The van der Waals surface area contributed by atoms with Crippen molar-refractivity contribution in [3.63, 3.8) is 0 Å². The number of benzene rings is 4. The predicted octanol–water partition coefficient (Wildman–Crippen LogP) is 7.73. The van der Waals surface area contributed by atoms with Crippen LogP contribution in [0.25, 0.3) is 5.69 Å². The van der Waals surface area contributed by atoms with Gasteiger partial charge >= 0.3 is 0 Å². The van der Waals surface area contributed by atoms with E-state index in [1.54, 1.807) is 6.07 Å². The Labute approximate surface area is 232 Å². The standard InChI is InChI=1S/C33H27FN6/c1-20-17-18-26(21(2)19-20)35-31-33-37-32-29(22(3)38-40(32)23-11-5-4-6-12-23)30(24-13-7-8-14-25(24)34)39(33)28-16-10-9-15-27(28)36-31/h4-19,30H,1-3H3,(H,35,36)/t30-/m0/s1. The summed E-state index contributed by atoms with van der Waals surface area (Å²) in [5, 5.41) is 8.44. The number of rotatable bonds is 3. The minimum Gasteiger partial charge on any atom is -0.335 e.